The Bertz CT molecular complexity index is 363. The van der Waals surface area contributed by atoms with Gasteiger partial charge in [-0.3, -0.25) is 4.68 Å². The molecule has 2 atom stereocenters. The summed E-state index contributed by atoms with van der Waals surface area (Å²) in [6.45, 7) is 8.79. The Morgan fingerprint density at radius 1 is 1.47 bits per heavy atom. The van der Waals surface area contributed by atoms with Crippen molar-refractivity contribution in [1.29, 1.82) is 0 Å². The third-order valence-corrected chi connectivity index (χ3v) is 2.92. The first-order valence-corrected chi connectivity index (χ1v) is 6.17. The van der Waals surface area contributed by atoms with Crippen LogP contribution >= 0.6 is 0 Å². The molecule has 0 aromatic carbocycles. The van der Waals surface area contributed by atoms with E-state index in [9.17, 15) is 5.11 Å². The van der Waals surface area contributed by atoms with E-state index in [1.54, 1.807) is 6.92 Å². The maximum atomic E-state index is 9.53. The molecule has 1 aromatic heterocycles. The molecular weight excluding hydrogens is 214 g/mol. The molecular formula is C13H25N3O. The van der Waals surface area contributed by atoms with Crippen molar-refractivity contribution in [2.24, 2.45) is 12.8 Å². The van der Waals surface area contributed by atoms with E-state index in [0.717, 1.165) is 5.69 Å². The van der Waals surface area contributed by atoms with Crippen molar-refractivity contribution in [3.05, 3.63) is 17.5 Å². The minimum atomic E-state index is -0.337. The van der Waals surface area contributed by atoms with E-state index >= 15 is 0 Å². The smallest absolute Gasteiger partial charge is 0.0713 e. The Kier molecular flexibility index (Phi) is 4.33. The number of nitrogens with zero attached hydrogens (tertiary/aromatic N) is 2. The Morgan fingerprint density at radius 2 is 2.06 bits per heavy atom. The van der Waals surface area contributed by atoms with Crippen molar-refractivity contribution < 1.29 is 5.11 Å². The highest BCUT2D eigenvalue weighted by Gasteiger charge is 2.26. The zero-order valence-corrected chi connectivity index (χ0v) is 11.6. The summed E-state index contributed by atoms with van der Waals surface area (Å²) >= 11 is 0. The fourth-order valence-electron chi connectivity index (χ4n) is 2.15. The van der Waals surface area contributed by atoms with E-state index in [1.165, 1.54) is 5.56 Å². The van der Waals surface area contributed by atoms with Gasteiger partial charge < -0.3 is 10.8 Å². The number of aliphatic hydroxyl groups excluding tert-OH is 1. The normalized spacial score (nSPS) is 15.9. The summed E-state index contributed by atoms with van der Waals surface area (Å²) in [4.78, 5) is 0. The maximum absolute atomic E-state index is 9.53. The average molecular weight is 239 g/mol. The van der Waals surface area contributed by atoms with Gasteiger partial charge in [0, 0.05) is 24.6 Å². The molecule has 1 rings (SSSR count). The highest BCUT2D eigenvalue weighted by molar-refractivity contribution is 5.28. The van der Waals surface area contributed by atoms with Gasteiger partial charge in [-0.25, -0.2) is 0 Å². The highest BCUT2D eigenvalue weighted by Crippen LogP contribution is 2.31. The van der Waals surface area contributed by atoms with Crippen LogP contribution in [0.1, 0.15) is 51.3 Å². The summed E-state index contributed by atoms with van der Waals surface area (Å²) in [6, 6.07) is 0. The van der Waals surface area contributed by atoms with Crippen LogP contribution in [-0.2, 0) is 12.5 Å². The second kappa shape index (κ2) is 5.19. The lowest BCUT2D eigenvalue weighted by Gasteiger charge is -2.22. The third-order valence-electron chi connectivity index (χ3n) is 2.92. The van der Waals surface area contributed by atoms with E-state index in [1.807, 2.05) is 17.9 Å². The van der Waals surface area contributed by atoms with Crippen LogP contribution in [0.3, 0.4) is 0 Å². The molecule has 0 amide bonds. The molecule has 0 aliphatic carbocycles. The topological polar surface area (TPSA) is 64.1 Å². The Morgan fingerprint density at radius 3 is 2.47 bits per heavy atom. The first-order chi connectivity index (χ1) is 7.75. The van der Waals surface area contributed by atoms with E-state index in [-0.39, 0.29) is 17.4 Å². The van der Waals surface area contributed by atoms with Gasteiger partial charge in [-0.1, -0.05) is 20.8 Å². The summed E-state index contributed by atoms with van der Waals surface area (Å²) in [7, 11) is 1.93. The second-order valence-electron chi connectivity index (χ2n) is 5.87. The number of hydrogen-bond donors (Lipinski definition) is 2. The molecule has 17 heavy (non-hydrogen) atoms. The Hall–Kier alpha value is -0.870. The molecule has 0 radical (unpaired) electrons. The van der Waals surface area contributed by atoms with Crippen molar-refractivity contribution >= 4 is 0 Å². The molecule has 0 bridgehead atoms. The van der Waals surface area contributed by atoms with Crippen LogP contribution in [0, 0.1) is 0 Å². The van der Waals surface area contributed by atoms with Gasteiger partial charge >= 0.3 is 0 Å². The van der Waals surface area contributed by atoms with Crippen molar-refractivity contribution in [2.45, 2.75) is 51.6 Å². The molecule has 2 unspecified atom stereocenters. The van der Waals surface area contributed by atoms with Gasteiger partial charge in [0.25, 0.3) is 0 Å². The Labute approximate surface area is 104 Å². The number of rotatable bonds is 4. The number of aliphatic hydroxyl groups is 1. The summed E-state index contributed by atoms with van der Waals surface area (Å²) in [5.41, 5.74) is 8.08. The predicted molar refractivity (Wildman–Crippen MR) is 70.0 cm³/mol. The molecule has 0 aliphatic heterocycles. The van der Waals surface area contributed by atoms with Gasteiger partial charge in [0.15, 0.2) is 0 Å². The van der Waals surface area contributed by atoms with Gasteiger partial charge in [-0.15, -0.1) is 0 Å². The van der Waals surface area contributed by atoms with Crippen molar-refractivity contribution in [3.63, 3.8) is 0 Å². The molecule has 3 N–H and O–H groups in total. The lowest BCUT2D eigenvalue weighted by molar-refractivity contribution is 0.174. The largest absolute Gasteiger partial charge is 0.393 e. The number of aromatic nitrogens is 2. The lowest BCUT2D eigenvalue weighted by atomic mass is 9.84. The summed E-state index contributed by atoms with van der Waals surface area (Å²) in [5, 5.41) is 14.1. The predicted octanol–water partition coefficient (Wildman–Crippen LogP) is 1.53. The third kappa shape index (κ3) is 3.54. The summed E-state index contributed by atoms with van der Waals surface area (Å²) in [5.74, 6) is 0.179. The van der Waals surface area contributed by atoms with Gasteiger partial charge in [-0.2, -0.15) is 5.10 Å². The van der Waals surface area contributed by atoms with E-state index < -0.39 is 0 Å². The van der Waals surface area contributed by atoms with Crippen LogP contribution in [0.15, 0.2) is 6.20 Å². The summed E-state index contributed by atoms with van der Waals surface area (Å²) < 4.78 is 1.83. The second-order valence-corrected chi connectivity index (χ2v) is 5.87. The average Bonchev–Trinajstić information content (AvgIpc) is 2.55. The molecule has 4 heteroatoms. The molecule has 0 aliphatic rings. The monoisotopic (exact) mass is 239 g/mol. The molecule has 0 spiro atoms. The van der Waals surface area contributed by atoms with Gasteiger partial charge in [0.1, 0.15) is 0 Å². The first-order valence-electron chi connectivity index (χ1n) is 6.17. The van der Waals surface area contributed by atoms with Crippen molar-refractivity contribution in [1.82, 2.24) is 9.78 Å². The van der Waals surface area contributed by atoms with Crippen LogP contribution in [-0.4, -0.2) is 27.5 Å². The van der Waals surface area contributed by atoms with E-state index in [2.05, 4.69) is 25.9 Å². The number of hydrogen-bond acceptors (Lipinski definition) is 3. The highest BCUT2D eigenvalue weighted by atomic mass is 16.3. The van der Waals surface area contributed by atoms with Crippen LogP contribution in [0.4, 0.5) is 0 Å². The van der Waals surface area contributed by atoms with Crippen LogP contribution in [0.5, 0.6) is 0 Å². The molecule has 98 valence electrons. The molecule has 0 saturated carbocycles. The Balaban J connectivity index is 3.10. The zero-order chi connectivity index (χ0) is 13.2. The molecule has 1 aromatic rings. The number of aryl methyl sites for hydroxylation is 1. The minimum Gasteiger partial charge on any atom is -0.393 e. The van der Waals surface area contributed by atoms with Gasteiger partial charge in [0.2, 0.25) is 0 Å². The molecule has 0 saturated heterocycles. The van der Waals surface area contributed by atoms with E-state index in [0.29, 0.717) is 13.0 Å². The minimum absolute atomic E-state index is 0.00269. The summed E-state index contributed by atoms with van der Waals surface area (Å²) in [6.07, 6.45) is 2.38. The standard InChI is InChI=1S/C13H25N3O/c1-9(17)6-10(7-14)11-8-16(5)15-12(11)13(2,3)4/h8-10,17H,6-7,14H2,1-5H3. The molecule has 4 nitrogen and oxygen atoms in total. The van der Waals surface area contributed by atoms with Crippen LogP contribution < -0.4 is 5.73 Å². The first kappa shape index (κ1) is 14.2. The molecule has 1 heterocycles. The van der Waals surface area contributed by atoms with Crippen molar-refractivity contribution in [3.8, 4) is 0 Å². The molecule has 0 fully saturated rings. The maximum Gasteiger partial charge on any atom is 0.0713 e. The van der Waals surface area contributed by atoms with Crippen LogP contribution in [0.2, 0.25) is 0 Å². The van der Waals surface area contributed by atoms with Crippen molar-refractivity contribution in [2.75, 3.05) is 6.54 Å². The lowest BCUT2D eigenvalue weighted by Crippen LogP contribution is -2.22. The fraction of sp³-hybridized carbons (Fsp3) is 0.769. The van der Waals surface area contributed by atoms with E-state index in [4.69, 9.17) is 5.73 Å². The van der Waals surface area contributed by atoms with Gasteiger partial charge in [-0.05, 0) is 25.5 Å². The van der Waals surface area contributed by atoms with Gasteiger partial charge in [0.05, 0.1) is 11.8 Å². The number of nitrogens with two attached hydrogens (primary N) is 1. The zero-order valence-electron chi connectivity index (χ0n) is 11.6. The van der Waals surface area contributed by atoms with Crippen LogP contribution in [0.25, 0.3) is 0 Å². The SMILES string of the molecule is CC(O)CC(CN)c1cn(C)nc1C(C)(C)C. The quantitative estimate of drug-likeness (QED) is 0.837. The fourth-order valence-corrected chi connectivity index (χ4v) is 2.15.